The maximum absolute atomic E-state index is 12.9. The van der Waals surface area contributed by atoms with Gasteiger partial charge in [0.15, 0.2) is 5.82 Å². The van der Waals surface area contributed by atoms with E-state index >= 15 is 0 Å². The number of carbonyl (C=O) groups excluding carboxylic acids is 2. The van der Waals surface area contributed by atoms with Gasteiger partial charge in [0.2, 0.25) is 5.91 Å². The van der Waals surface area contributed by atoms with Crippen molar-refractivity contribution >= 4 is 11.8 Å². The normalized spacial score (nSPS) is 19.0. The largest absolute Gasteiger partial charge is 0.469 e. The minimum atomic E-state index is -0.245. The SMILES string of the molecule is CC(=O)N[C@@H]1CN(C(=O)c2ccoc2C)C[C@H]1c1nc(-c2ccccc2)n[nH]1. The molecule has 0 saturated carbocycles. The van der Waals surface area contributed by atoms with Crippen LogP contribution in [0.25, 0.3) is 11.4 Å². The number of rotatable bonds is 4. The van der Waals surface area contributed by atoms with Gasteiger partial charge >= 0.3 is 0 Å². The Morgan fingerprint density at radius 3 is 2.68 bits per heavy atom. The molecular formula is C20H21N5O3. The molecule has 0 radical (unpaired) electrons. The number of carbonyl (C=O) groups is 2. The average Bonchev–Trinajstić information content (AvgIpc) is 3.41. The van der Waals surface area contributed by atoms with E-state index in [-0.39, 0.29) is 23.8 Å². The maximum atomic E-state index is 12.9. The zero-order valence-corrected chi connectivity index (χ0v) is 15.7. The van der Waals surface area contributed by atoms with Crippen molar-refractivity contribution in [1.82, 2.24) is 25.4 Å². The van der Waals surface area contributed by atoms with Crippen LogP contribution in [0.1, 0.15) is 34.8 Å². The summed E-state index contributed by atoms with van der Waals surface area (Å²) in [5.74, 6) is 1.38. The van der Waals surface area contributed by atoms with Crippen molar-refractivity contribution in [2.45, 2.75) is 25.8 Å². The molecule has 1 aromatic carbocycles. The van der Waals surface area contributed by atoms with Gasteiger partial charge < -0.3 is 14.6 Å². The molecule has 0 bridgehead atoms. The van der Waals surface area contributed by atoms with Crippen molar-refractivity contribution in [2.75, 3.05) is 13.1 Å². The summed E-state index contributed by atoms with van der Waals surface area (Å²) in [5, 5.41) is 10.2. The van der Waals surface area contributed by atoms with E-state index in [1.54, 1.807) is 17.9 Å². The summed E-state index contributed by atoms with van der Waals surface area (Å²) in [6, 6.07) is 11.1. The van der Waals surface area contributed by atoms with Crippen molar-refractivity contribution < 1.29 is 14.0 Å². The predicted octanol–water partition coefficient (Wildman–Crippen LogP) is 2.12. The molecule has 1 aliphatic rings. The van der Waals surface area contributed by atoms with Gasteiger partial charge in [-0.3, -0.25) is 14.7 Å². The van der Waals surface area contributed by atoms with Crippen LogP contribution in [0.5, 0.6) is 0 Å². The van der Waals surface area contributed by atoms with E-state index in [1.807, 2.05) is 30.3 Å². The highest BCUT2D eigenvalue weighted by Gasteiger charge is 2.39. The molecule has 8 heteroatoms. The standard InChI is InChI=1S/C20H21N5O3/c1-12-15(8-9-28-12)20(27)25-10-16(17(11-25)21-13(2)26)19-22-18(23-24-19)14-6-4-3-5-7-14/h3-9,16-17H,10-11H2,1-2H3,(H,21,26)(H,22,23,24)/t16-,17-/m1/s1. The summed E-state index contributed by atoms with van der Waals surface area (Å²) < 4.78 is 5.25. The monoisotopic (exact) mass is 379 g/mol. The van der Waals surface area contributed by atoms with E-state index in [0.29, 0.717) is 36.1 Å². The third-order valence-electron chi connectivity index (χ3n) is 4.97. The van der Waals surface area contributed by atoms with E-state index in [1.165, 1.54) is 13.2 Å². The molecule has 3 aromatic rings. The minimum Gasteiger partial charge on any atom is -0.469 e. The van der Waals surface area contributed by atoms with Crippen LogP contribution in [0.2, 0.25) is 0 Å². The lowest BCUT2D eigenvalue weighted by Gasteiger charge is -2.16. The quantitative estimate of drug-likeness (QED) is 0.723. The number of H-pyrrole nitrogens is 1. The lowest BCUT2D eigenvalue weighted by atomic mass is 10.0. The molecule has 0 spiro atoms. The molecule has 1 fully saturated rings. The van der Waals surface area contributed by atoms with Gasteiger partial charge in [0, 0.05) is 25.6 Å². The van der Waals surface area contributed by atoms with E-state index in [0.717, 1.165) is 5.56 Å². The maximum Gasteiger partial charge on any atom is 0.257 e. The van der Waals surface area contributed by atoms with Gasteiger partial charge in [-0.2, -0.15) is 5.10 Å². The number of furan rings is 1. The molecule has 2 N–H and O–H groups in total. The van der Waals surface area contributed by atoms with Gasteiger partial charge in [0.05, 0.1) is 23.8 Å². The molecule has 4 rings (SSSR count). The van der Waals surface area contributed by atoms with E-state index in [9.17, 15) is 9.59 Å². The van der Waals surface area contributed by atoms with Crippen molar-refractivity contribution in [1.29, 1.82) is 0 Å². The number of aromatic amines is 1. The summed E-state index contributed by atoms with van der Waals surface area (Å²) in [5.41, 5.74) is 1.44. The summed E-state index contributed by atoms with van der Waals surface area (Å²) in [4.78, 5) is 30.9. The fourth-order valence-corrected chi connectivity index (χ4v) is 3.59. The highest BCUT2D eigenvalue weighted by atomic mass is 16.3. The molecular weight excluding hydrogens is 358 g/mol. The van der Waals surface area contributed by atoms with Gasteiger partial charge in [-0.05, 0) is 13.0 Å². The van der Waals surface area contributed by atoms with E-state index in [2.05, 4.69) is 20.5 Å². The molecule has 2 atom stereocenters. The summed E-state index contributed by atoms with van der Waals surface area (Å²) in [6.45, 7) is 4.05. The summed E-state index contributed by atoms with van der Waals surface area (Å²) >= 11 is 0. The van der Waals surface area contributed by atoms with Crippen molar-refractivity contribution in [3.8, 4) is 11.4 Å². The number of likely N-dealkylation sites (tertiary alicyclic amines) is 1. The zero-order valence-electron chi connectivity index (χ0n) is 15.7. The molecule has 0 aliphatic carbocycles. The first-order valence-electron chi connectivity index (χ1n) is 9.11. The van der Waals surface area contributed by atoms with Gasteiger partial charge in [0.25, 0.3) is 5.91 Å². The highest BCUT2D eigenvalue weighted by Crippen LogP contribution is 2.28. The Balaban J connectivity index is 1.59. The molecule has 3 heterocycles. The third-order valence-corrected chi connectivity index (χ3v) is 4.97. The molecule has 0 unspecified atom stereocenters. The molecule has 1 aliphatic heterocycles. The van der Waals surface area contributed by atoms with Gasteiger partial charge in [-0.1, -0.05) is 30.3 Å². The first-order chi connectivity index (χ1) is 13.5. The van der Waals surface area contributed by atoms with E-state index in [4.69, 9.17) is 4.42 Å². The molecule has 28 heavy (non-hydrogen) atoms. The van der Waals surface area contributed by atoms with Crippen LogP contribution >= 0.6 is 0 Å². The van der Waals surface area contributed by atoms with Crippen LogP contribution in [0.3, 0.4) is 0 Å². The topological polar surface area (TPSA) is 104 Å². The van der Waals surface area contributed by atoms with Crippen LogP contribution in [-0.2, 0) is 4.79 Å². The fraction of sp³-hybridized carbons (Fsp3) is 0.300. The van der Waals surface area contributed by atoms with Gasteiger partial charge in [-0.15, -0.1) is 0 Å². The Bertz CT molecular complexity index is 994. The number of benzene rings is 1. The lowest BCUT2D eigenvalue weighted by molar-refractivity contribution is -0.119. The predicted molar refractivity (Wildman–Crippen MR) is 102 cm³/mol. The molecule has 2 aromatic heterocycles. The van der Waals surface area contributed by atoms with Gasteiger partial charge in [-0.25, -0.2) is 4.98 Å². The van der Waals surface area contributed by atoms with Gasteiger partial charge in [0.1, 0.15) is 11.6 Å². The van der Waals surface area contributed by atoms with Crippen LogP contribution in [0.15, 0.2) is 47.1 Å². The van der Waals surface area contributed by atoms with Crippen LogP contribution in [0.4, 0.5) is 0 Å². The van der Waals surface area contributed by atoms with Crippen LogP contribution in [-0.4, -0.2) is 51.0 Å². The lowest BCUT2D eigenvalue weighted by Crippen LogP contribution is -2.39. The number of aromatic nitrogens is 3. The fourth-order valence-electron chi connectivity index (χ4n) is 3.59. The number of nitrogens with one attached hydrogen (secondary N) is 2. The second-order valence-electron chi connectivity index (χ2n) is 6.92. The third kappa shape index (κ3) is 3.40. The second-order valence-corrected chi connectivity index (χ2v) is 6.92. The molecule has 144 valence electrons. The Kier molecular flexibility index (Phi) is 4.68. The van der Waals surface area contributed by atoms with Crippen molar-refractivity contribution in [2.24, 2.45) is 0 Å². The van der Waals surface area contributed by atoms with Crippen LogP contribution < -0.4 is 5.32 Å². The number of hydrogen-bond acceptors (Lipinski definition) is 5. The Morgan fingerprint density at radius 1 is 1.21 bits per heavy atom. The second kappa shape index (κ2) is 7.30. The minimum absolute atomic E-state index is 0.119. The smallest absolute Gasteiger partial charge is 0.257 e. The molecule has 2 amide bonds. The number of amides is 2. The number of nitrogens with zero attached hydrogens (tertiary/aromatic N) is 3. The first kappa shape index (κ1) is 18.0. The van der Waals surface area contributed by atoms with Crippen molar-refractivity contribution in [3.63, 3.8) is 0 Å². The first-order valence-corrected chi connectivity index (χ1v) is 9.11. The number of aryl methyl sites for hydroxylation is 1. The van der Waals surface area contributed by atoms with Crippen LogP contribution in [0, 0.1) is 6.92 Å². The zero-order chi connectivity index (χ0) is 19.7. The van der Waals surface area contributed by atoms with Crippen molar-refractivity contribution in [3.05, 3.63) is 59.8 Å². The van der Waals surface area contributed by atoms with E-state index < -0.39 is 0 Å². The average molecular weight is 379 g/mol. The Hall–Kier alpha value is -3.42. The summed E-state index contributed by atoms with van der Waals surface area (Å²) in [7, 11) is 0. The Morgan fingerprint density at radius 2 is 2.00 bits per heavy atom. The molecule has 1 saturated heterocycles. The number of hydrogen-bond donors (Lipinski definition) is 2. The molecule has 8 nitrogen and oxygen atoms in total. The summed E-state index contributed by atoms with van der Waals surface area (Å²) in [6.07, 6.45) is 1.50. The highest BCUT2D eigenvalue weighted by molar-refractivity contribution is 5.95. The Labute approximate surface area is 162 Å².